The highest BCUT2D eigenvalue weighted by Crippen LogP contribution is 2.64. The van der Waals surface area contributed by atoms with Crippen molar-refractivity contribution in [3.05, 3.63) is 64.0 Å². The molecule has 2 fully saturated rings. The molecule has 140 valence electrons. The molecular formula is C23H20FN3O. The molecule has 2 aliphatic carbocycles. The summed E-state index contributed by atoms with van der Waals surface area (Å²) in [6, 6.07) is 11.1. The zero-order chi connectivity index (χ0) is 19.0. The van der Waals surface area contributed by atoms with Crippen LogP contribution in [0.2, 0.25) is 0 Å². The third-order valence-electron chi connectivity index (χ3n) is 7.48. The first kappa shape index (κ1) is 16.1. The van der Waals surface area contributed by atoms with Crippen LogP contribution in [-0.4, -0.2) is 5.91 Å². The van der Waals surface area contributed by atoms with Crippen LogP contribution in [0, 0.1) is 34.9 Å². The predicted octanol–water partition coefficient (Wildman–Crippen LogP) is 4.24. The van der Waals surface area contributed by atoms with E-state index in [0.29, 0.717) is 30.2 Å². The Kier molecular flexibility index (Phi) is 3.21. The monoisotopic (exact) mass is 373 g/mol. The number of amides is 1. The SMILES string of the molecule is N#Cc1cc(C2Nc3ccc4c(c3C3C5CCC(C5)C23)C(=O)NC4)ccc1F. The van der Waals surface area contributed by atoms with E-state index in [1.54, 1.807) is 6.07 Å². The maximum absolute atomic E-state index is 13.9. The molecule has 4 aliphatic rings. The average Bonchev–Trinajstić information content (AvgIpc) is 3.43. The summed E-state index contributed by atoms with van der Waals surface area (Å²) in [5.74, 6) is 1.52. The van der Waals surface area contributed by atoms with E-state index in [4.69, 9.17) is 0 Å². The van der Waals surface area contributed by atoms with E-state index in [0.717, 1.165) is 22.4 Å². The topological polar surface area (TPSA) is 64.9 Å². The molecule has 5 atom stereocenters. The third-order valence-corrected chi connectivity index (χ3v) is 7.48. The highest BCUT2D eigenvalue weighted by Gasteiger charge is 2.55. The van der Waals surface area contributed by atoms with Crippen molar-refractivity contribution in [2.75, 3.05) is 5.32 Å². The van der Waals surface area contributed by atoms with Gasteiger partial charge in [-0.05, 0) is 77.8 Å². The number of halogens is 1. The molecule has 0 aromatic heterocycles. The van der Waals surface area contributed by atoms with Gasteiger partial charge in [0.1, 0.15) is 11.9 Å². The molecule has 0 saturated heterocycles. The van der Waals surface area contributed by atoms with Crippen LogP contribution in [-0.2, 0) is 6.54 Å². The van der Waals surface area contributed by atoms with Crippen molar-refractivity contribution >= 4 is 11.6 Å². The summed E-state index contributed by atoms with van der Waals surface area (Å²) in [6.45, 7) is 0.611. The molecule has 2 aromatic rings. The van der Waals surface area contributed by atoms with Gasteiger partial charge in [-0.25, -0.2) is 4.39 Å². The Labute approximate surface area is 162 Å². The minimum absolute atomic E-state index is 0.0437. The number of nitriles is 1. The Morgan fingerprint density at radius 2 is 2.00 bits per heavy atom. The first-order valence-electron chi connectivity index (χ1n) is 10.1. The van der Waals surface area contributed by atoms with Gasteiger partial charge < -0.3 is 10.6 Å². The molecule has 5 heteroatoms. The van der Waals surface area contributed by atoms with Gasteiger partial charge in [0.15, 0.2) is 0 Å². The van der Waals surface area contributed by atoms with E-state index in [2.05, 4.69) is 16.7 Å². The maximum atomic E-state index is 13.9. The molecule has 1 amide bonds. The van der Waals surface area contributed by atoms with E-state index in [9.17, 15) is 14.4 Å². The van der Waals surface area contributed by atoms with Crippen LogP contribution in [0.1, 0.15) is 63.8 Å². The van der Waals surface area contributed by atoms with Gasteiger partial charge in [0.05, 0.1) is 11.6 Å². The van der Waals surface area contributed by atoms with E-state index in [-0.39, 0.29) is 17.5 Å². The summed E-state index contributed by atoms with van der Waals surface area (Å²) < 4.78 is 13.9. The van der Waals surface area contributed by atoms with Crippen molar-refractivity contribution in [1.82, 2.24) is 5.32 Å². The van der Waals surface area contributed by atoms with Crippen LogP contribution in [0.25, 0.3) is 0 Å². The second kappa shape index (κ2) is 5.57. The first-order chi connectivity index (χ1) is 13.7. The molecule has 2 heterocycles. The van der Waals surface area contributed by atoms with Crippen LogP contribution in [0.5, 0.6) is 0 Å². The second-order valence-electron chi connectivity index (χ2n) is 8.65. The first-order valence-corrected chi connectivity index (χ1v) is 10.1. The minimum Gasteiger partial charge on any atom is -0.378 e. The maximum Gasteiger partial charge on any atom is 0.252 e. The van der Waals surface area contributed by atoms with Gasteiger partial charge in [0, 0.05) is 17.8 Å². The number of benzene rings is 2. The lowest BCUT2D eigenvalue weighted by atomic mass is 9.66. The number of fused-ring (bicyclic) bond motifs is 9. The quantitative estimate of drug-likeness (QED) is 0.786. The molecule has 28 heavy (non-hydrogen) atoms. The Morgan fingerprint density at radius 1 is 1.14 bits per heavy atom. The number of carbonyl (C=O) groups excluding carboxylic acids is 1. The number of anilines is 1. The standard InChI is InChI=1S/C23H20FN3O/c24-16-5-3-13(8-15(16)9-25)22-19-12-2-1-11(7-12)18(19)21-17(27-22)6-4-14-10-26-23(28)20(14)21/h3-6,8,11-12,18-19,22,27H,1-2,7,10H2,(H,26,28). The van der Waals surface area contributed by atoms with Crippen molar-refractivity contribution in [3.8, 4) is 6.07 Å². The molecule has 5 unspecified atom stereocenters. The normalized spacial score (nSPS) is 31.4. The zero-order valence-electron chi connectivity index (χ0n) is 15.3. The molecule has 2 aliphatic heterocycles. The molecule has 2 N–H and O–H groups in total. The summed E-state index contributed by atoms with van der Waals surface area (Å²) in [7, 11) is 0. The lowest BCUT2D eigenvalue weighted by molar-refractivity contribution is 0.0963. The summed E-state index contributed by atoms with van der Waals surface area (Å²) in [5.41, 5.74) is 5.26. The van der Waals surface area contributed by atoms with Gasteiger partial charge in [-0.3, -0.25) is 4.79 Å². The van der Waals surface area contributed by atoms with Crippen molar-refractivity contribution < 1.29 is 9.18 Å². The van der Waals surface area contributed by atoms with Gasteiger partial charge in [-0.1, -0.05) is 12.1 Å². The van der Waals surface area contributed by atoms with Crippen LogP contribution < -0.4 is 10.6 Å². The molecule has 6 rings (SSSR count). The number of rotatable bonds is 1. The second-order valence-corrected chi connectivity index (χ2v) is 8.65. The summed E-state index contributed by atoms with van der Waals surface area (Å²) >= 11 is 0. The fourth-order valence-corrected chi connectivity index (χ4v) is 6.45. The van der Waals surface area contributed by atoms with Gasteiger partial charge in [0.25, 0.3) is 5.91 Å². The summed E-state index contributed by atoms with van der Waals surface area (Å²) in [5, 5.41) is 15.9. The smallest absolute Gasteiger partial charge is 0.252 e. The number of carbonyl (C=O) groups is 1. The van der Waals surface area contributed by atoms with E-state index < -0.39 is 5.82 Å². The predicted molar refractivity (Wildman–Crippen MR) is 102 cm³/mol. The number of hydrogen-bond acceptors (Lipinski definition) is 3. The number of hydrogen-bond donors (Lipinski definition) is 2. The minimum atomic E-state index is -0.471. The average molecular weight is 373 g/mol. The summed E-state index contributed by atoms with van der Waals surface area (Å²) in [6.07, 6.45) is 3.63. The van der Waals surface area contributed by atoms with Crippen LogP contribution >= 0.6 is 0 Å². The fourth-order valence-electron chi connectivity index (χ4n) is 6.45. The molecular weight excluding hydrogens is 353 g/mol. The van der Waals surface area contributed by atoms with Crippen molar-refractivity contribution in [2.45, 2.75) is 37.8 Å². The van der Waals surface area contributed by atoms with E-state index >= 15 is 0 Å². The van der Waals surface area contributed by atoms with Crippen LogP contribution in [0.4, 0.5) is 10.1 Å². The van der Waals surface area contributed by atoms with Crippen LogP contribution in [0.15, 0.2) is 30.3 Å². The Balaban J connectivity index is 1.53. The largest absolute Gasteiger partial charge is 0.378 e. The molecule has 0 radical (unpaired) electrons. The van der Waals surface area contributed by atoms with Gasteiger partial charge in [0.2, 0.25) is 0 Å². The highest BCUT2D eigenvalue weighted by atomic mass is 19.1. The summed E-state index contributed by atoms with van der Waals surface area (Å²) in [4.78, 5) is 12.6. The molecule has 2 bridgehead atoms. The molecule has 4 nitrogen and oxygen atoms in total. The lowest BCUT2D eigenvalue weighted by Gasteiger charge is -2.44. The third kappa shape index (κ3) is 2.01. The number of nitrogens with one attached hydrogen (secondary N) is 2. The highest BCUT2D eigenvalue weighted by molar-refractivity contribution is 6.01. The van der Waals surface area contributed by atoms with Gasteiger partial charge in [-0.15, -0.1) is 0 Å². The van der Waals surface area contributed by atoms with Crippen molar-refractivity contribution in [3.63, 3.8) is 0 Å². The van der Waals surface area contributed by atoms with Crippen molar-refractivity contribution in [2.24, 2.45) is 17.8 Å². The van der Waals surface area contributed by atoms with E-state index in [1.807, 2.05) is 18.2 Å². The molecule has 2 saturated carbocycles. The van der Waals surface area contributed by atoms with E-state index in [1.165, 1.54) is 30.9 Å². The fraction of sp³-hybridized carbons (Fsp3) is 0.391. The van der Waals surface area contributed by atoms with Crippen LogP contribution in [0.3, 0.4) is 0 Å². The zero-order valence-corrected chi connectivity index (χ0v) is 15.3. The Hall–Kier alpha value is -2.87. The Morgan fingerprint density at radius 3 is 2.86 bits per heavy atom. The lowest BCUT2D eigenvalue weighted by Crippen LogP contribution is -2.36. The molecule has 2 aromatic carbocycles. The van der Waals surface area contributed by atoms with Gasteiger partial charge >= 0.3 is 0 Å². The Bertz CT molecular complexity index is 1070. The molecule has 0 spiro atoms. The number of nitrogens with zero attached hydrogens (tertiary/aromatic N) is 1. The van der Waals surface area contributed by atoms with Crippen molar-refractivity contribution in [1.29, 1.82) is 5.26 Å². The van der Waals surface area contributed by atoms with Gasteiger partial charge in [-0.2, -0.15) is 5.26 Å².